The molecule has 0 saturated heterocycles. The Morgan fingerprint density at radius 1 is 0.456 bits per heavy atom. The number of benzene rings is 9. The number of nitrogens with zero attached hydrogens (tertiary/aromatic N) is 3. The Bertz CT molecular complexity index is 3470. The first-order chi connectivity index (χ1) is 28.2. The van der Waals surface area contributed by atoms with Gasteiger partial charge in [0.25, 0.3) is 0 Å². The molecule has 0 amide bonds. The average molecular weight is 746 g/mol. The van der Waals surface area contributed by atoms with Crippen LogP contribution in [0, 0.1) is 0 Å². The topological polar surface area (TPSA) is 42.2 Å². The van der Waals surface area contributed by atoms with Crippen molar-refractivity contribution in [1.29, 1.82) is 0 Å². The van der Waals surface area contributed by atoms with E-state index < -0.39 is 0 Å². The number of hydrogen-bond acceptors (Lipinski definition) is 5. The lowest BCUT2D eigenvalue weighted by Crippen LogP contribution is -2.10. The molecule has 4 nitrogen and oxygen atoms in total. The fourth-order valence-corrected chi connectivity index (χ4v) is 9.72. The van der Waals surface area contributed by atoms with E-state index in [2.05, 4.69) is 157 Å². The largest absolute Gasteiger partial charge is 0.452 e. The number of para-hydroxylation sites is 1. The summed E-state index contributed by atoms with van der Waals surface area (Å²) in [5.74, 6) is 0.669. The van der Waals surface area contributed by atoms with Crippen LogP contribution in [0.15, 0.2) is 192 Å². The van der Waals surface area contributed by atoms with Crippen molar-refractivity contribution in [2.45, 2.75) is 0 Å². The predicted octanol–water partition coefficient (Wildman–Crippen LogP) is 15.0. The zero-order chi connectivity index (χ0) is 37.5. The molecule has 57 heavy (non-hydrogen) atoms. The number of rotatable bonds is 5. The van der Waals surface area contributed by atoms with Gasteiger partial charge in [-0.05, 0) is 81.5 Å². The van der Waals surface area contributed by atoms with E-state index in [0.717, 1.165) is 55.8 Å². The first-order valence-corrected chi connectivity index (χ1v) is 20.0. The van der Waals surface area contributed by atoms with E-state index in [1.165, 1.54) is 47.1 Å². The van der Waals surface area contributed by atoms with Crippen molar-refractivity contribution in [2.24, 2.45) is 0 Å². The van der Waals surface area contributed by atoms with Gasteiger partial charge in [0.1, 0.15) is 16.8 Å². The molecule has 0 aliphatic heterocycles. The molecule has 266 valence electrons. The van der Waals surface area contributed by atoms with Gasteiger partial charge in [-0.3, -0.25) is 0 Å². The van der Waals surface area contributed by atoms with Crippen LogP contribution < -0.4 is 4.90 Å². The van der Waals surface area contributed by atoms with Crippen LogP contribution in [0.4, 0.5) is 17.1 Å². The number of thiophene rings is 1. The second-order valence-electron chi connectivity index (χ2n) is 14.6. The zero-order valence-corrected chi connectivity index (χ0v) is 31.4. The Morgan fingerprint density at radius 3 is 1.84 bits per heavy atom. The summed E-state index contributed by atoms with van der Waals surface area (Å²) in [4.78, 5) is 12.9. The van der Waals surface area contributed by atoms with Crippen LogP contribution in [-0.2, 0) is 0 Å². The lowest BCUT2D eigenvalue weighted by atomic mass is 9.99. The molecule has 9 aromatic carbocycles. The number of hydrogen-bond donors (Lipinski definition) is 0. The monoisotopic (exact) mass is 745 g/mol. The summed E-state index contributed by atoms with van der Waals surface area (Å²) in [5.41, 5.74) is 8.42. The van der Waals surface area contributed by atoms with E-state index in [4.69, 9.17) is 14.4 Å². The molecule has 0 atom stereocenters. The zero-order valence-electron chi connectivity index (χ0n) is 30.6. The van der Waals surface area contributed by atoms with E-state index >= 15 is 0 Å². The first kappa shape index (κ1) is 32.0. The summed E-state index contributed by atoms with van der Waals surface area (Å²) in [6.07, 6.45) is 0. The summed E-state index contributed by atoms with van der Waals surface area (Å²) in [5, 5.41) is 10.6. The molecule has 0 fully saturated rings. The van der Waals surface area contributed by atoms with E-state index in [1.54, 1.807) is 0 Å². The lowest BCUT2D eigenvalue weighted by Gasteiger charge is -2.28. The minimum atomic E-state index is 0.669. The quantitative estimate of drug-likeness (QED) is 0.176. The maximum atomic E-state index is 6.42. The van der Waals surface area contributed by atoms with Crippen LogP contribution in [0.25, 0.3) is 97.2 Å². The highest BCUT2D eigenvalue weighted by molar-refractivity contribution is 7.26. The van der Waals surface area contributed by atoms with E-state index in [9.17, 15) is 0 Å². The number of anilines is 3. The van der Waals surface area contributed by atoms with Crippen LogP contribution >= 0.6 is 11.3 Å². The molecular formula is C52H31N3OS. The molecule has 0 aliphatic carbocycles. The maximum absolute atomic E-state index is 6.42. The van der Waals surface area contributed by atoms with Gasteiger partial charge in [0, 0.05) is 53.4 Å². The van der Waals surface area contributed by atoms with E-state index in [1.807, 2.05) is 47.7 Å². The summed E-state index contributed by atoms with van der Waals surface area (Å²) >= 11 is 1.85. The van der Waals surface area contributed by atoms with Crippen LogP contribution in [0.5, 0.6) is 0 Å². The third-order valence-corrected chi connectivity index (χ3v) is 12.4. The van der Waals surface area contributed by atoms with Gasteiger partial charge in [0.2, 0.25) is 0 Å². The van der Waals surface area contributed by atoms with Crippen molar-refractivity contribution < 1.29 is 4.42 Å². The SMILES string of the molecule is c1ccc(-c2nc(-c3ccc4cc(N(c5ccc6ccccc6c5)c5ccc6ccccc6c5)c5c6ccccc6sc5c4c3)nc3c2oc2ccccc23)cc1. The van der Waals surface area contributed by atoms with Crippen molar-refractivity contribution in [3.8, 4) is 22.6 Å². The molecular weight excluding hydrogens is 715 g/mol. The number of furan rings is 1. The minimum Gasteiger partial charge on any atom is -0.452 e. The molecule has 0 N–H and O–H groups in total. The molecule has 3 heterocycles. The van der Waals surface area contributed by atoms with Crippen molar-refractivity contribution in [2.75, 3.05) is 4.90 Å². The van der Waals surface area contributed by atoms with Gasteiger partial charge in [-0.25, -0.2) is 9.97 Å². The van der Waals surface area contributed by atoms with Crippen molar-refractivity contribution in [3.63, 3.8) is 0 Å². The van der Waals surface area contributed by atoms with Crippen LogP contribution in [0.3, 0.4) is 0 Å². The third-order valence-electron chi connectivity index (χ3n) is 11.2. The Kier molecular flexibility index (Phi) is 7.06. The van der Waals surface area contributed by atoms with E-state index in [0.29, 0.717) is 11.4 Å². The van der Waals surface area contributed by atoms with Gasteiger partial charge in [0.15, 0.2) is 11.4 Å². The summed E-state index contributed by atoms with van der Waals surface area (Å²) in [6, 6.07) is 67.0. The fraction of sp³-hybridized carbons (Fsp3) is 0. The average Bonchev–Trinajstić information content (AvgIpc) is 3.86. The Morgan fingerprint density at radius 2 is 1.09 bits per heavy atom. The van der Waals surface area contributed by atoms with Gasteiger partial charge in [-0.2, -0.15) is 0 Å². The van der Waals surface area contributed by atoms with Gasteiger partial charge in [-0.15, -0.1) is 11.3 Å². The molecule has 0 bridgehead atoms. The van der Waals surface area contributed by atoms with Crippen molar-refractivity contribution in [1.82, 2.24) is 9.97 Å². The summed E-state index contributed by atoms with van der Waals surface area (Å²) in [7, 11) is 0. The highest BCUT2D eigenvalue weighted by atomic mass is 32.1. The van der Waals surface area contributed by atoms with Gasteiger partial charge in [-0.1, -0.05) is 133 Å². The molecule has 0 saturated carbocycles. The second-order valence-corrected chi connectivity index (χ2v) is 15.6. The number of fused-ring (bicyclic) bond motifs is 10. The first-order valence-electron chi connectivity index (χ1n) is 19.1. The molecule has 3 aromatic heterocycles. The smallest absolute Gasteiger partial charge is 0.180 e. The van der Waals surface area contributed by atoms with Crippen LogP contribution in [0.1, 0.15) is 0 Å². The van der Waals surface area contributed by atoms with Gasteiger partial charge in [0.05, 0.1) is 5.69 Å². The van der Waals surface area contributed by atoms with Gasteiger partial charge >= 0.3 is 0 Å². The minimum absolute atomic E-state index is 0.669. The number of aromatic nitrogens is 2. The Balaban J connectivity index is 1.13. The lowest BCUT2D eigenvalue weighted by molar-refractivity contribution is 0.667. The second kappa shape index (κ2) is 12.6. The van der Waals surface area contributed by atoms with Gasteiger partial charge < -0.3 is 9.32 Å². The van der Waals surface area contributed by atoms with E-state index in [-0.39, 0.29) is 0 Å². The van der Waals surface area contributed by atoms with Crippen LogP contribution in [0.2, 0.25) is 0 Å². The van der Waals surface area contributed by atoms with Crippen LogP contribution in [-0.4, -0.2) is 9.97 Å². The maximum Gasteiger partial charge on any atom is 0.180 e. The molecule has 12 aromatic rings. The molecule has 12 rings (SSSR count). The summed E-state index contributed by atoms with van der Waals surface area (Å²) in [6.45, 7) is 0. The third kappa shape index (κ3) is 5.13. The van der Waals surface area contributed by atoms with Crippen molar-refractivity contribution >= 4 is 103 Å². The summed E-state index contributed by atoms with van der Waals surface area (Å²) < 4.78 is 8.90. The molecule has 0 radical (unpaired) electrons. The predicted molar refractivity (Wildman–Crippen MR) is 240 cm³/mol. The molecule has 0 aliphatic rings. The Labute approximate surface area is 331 Å². The van der Waals surface area contributed by atoms with Crippen molar-refractivity contribution in [3.05, 3.63) is 188 Å². The standard InChI is InChI=1S/C52H31N3OS/c1-2-14-34(15-3-1)48-50-49(41-18-8-10-20-45(41)56-50)54-52(53-48)38-23-22-37-31-44(47-42-19-9-11-21-46(42)57-51(47)43(37)30-38)55(39-26-24-32-12-4-6-16-35(32)28-39)40-27-25-33-13-5-7-17-36(33)29-40/h1-31H. The highest BCUT2D eigenvalue weighted by Gasteiger charge is 2.23. The Hall–Kier alpha value is -7.34. The molecule has 0 unspecified atom stereocenters. The fourth-order valence-electron chi connectivity index (χ4n) is 8.47. The molecule has 0 spiro atoms. The molecule has 5 heteroatoms. The normalized spacial score (nSPS) is 11.9. The highest BCUT2D eigenvalue weighted by Crippen LogP contribution is 2.49.